The van der Waals surface area contributed by atoms with Crippen LogP contribution in [0.4, 0.5) is 15.3 Å². The number of amides is 4. The van der Waals surface area contributed by atoms with E-state index in [2.05, 4.69) is 45.2 Å². The quantitative estimate of drug-likeness (QED) is 0.115. The van der Waals surface area contributed by atoms with Gasteiger partial charge in [0.1, 0.15) is 24.3 Å². The van der Waals surface area contributed by atoms with Gasteiger partial charge in [0.15, 0.2) is 0 Å². The lowest BCUT2D eigenvalue weighted by Crippen LogP contribution is -2.53. The van der Waals surface area contributed by atoms with Crippen molar-refractivity contribution in [3.63, 3.8) is 0 Å². The lowest BCUT2D eigenvalue weighted by molar-refractivity contribution is -0.129. The summed E-state index contributed by atoms with van der Waals surface area (Å²) in [5.74, 6) is -0.790. The van der Waals surface area contributed by atoms with Crippen molar-refractivity contribution in [2.75, 3.05) is 18.5 Å². The zero-order valence-electron chi connectivity index (χ0n) is 33.2. The molecule has 57 heavy (non-hydrogen) atoms. The molecule has 0 bridgehead atoms. The first-order valence-corrected chi connectivity index (χ1v) is 20.2. The minimum atomic E-state index is -0.946. The Hall–Kier alpha value is -5.65. The van der Waals surface area contributed by atoms with Crippen molar-refractivity contribution in [3.05, 3.63) is 99.8 Å². The summed E-state index contributed by atoms with van der Waals surface area (Å²) < 4.78 is 11.5. The van der Waals surface area contributed by atoms with Gasteiger partial charge < -0.3 is 30.4 Å². The third-order valence-corrected chi connectivity index (χ3v) is 11.5. The summed E-state index contributed by atoms with van der Waals surface area (Å²) in [6.45, 7) is 7.70. The fraction of sp³-hybridized carbons (Fsp3) is 0.444. The first-order chi connectivity index (χ1) is 27.4. The maximum Gasteiger partial charge on any atom is 0.410 e. The smallest absolute Gasteiger partial charge is 0.410 e. The molecule has 4 N–H and O–H groups in total. The third kappa shape index (κ3) is 9.00. The number of nitrogens with zero attached hydrogens (tertiary/aromatic N) is 1. The molecule has 12 heteroatoms. The molecular weight excluding hydrogens is 723 g/mol. The molecule has 1 aromatic heterocycles. The van der Waals surface area contributed by atoms with Crippen molar-refractivity contribution < 1.29 is 28.7 Å². The number of ether oxygens (including phenoxy) is 2. The van der Waals surface area contributed by atoms with Crippen LogP contribution in [0.5, 0.6) is 0 Å². The van der Waals surface area contributed by atoms with E-state index in [1.807, 2.05) is 37.3 Å². The first-order valence-electron chi connectivity index (χ1n) is 20.2. The number of nitrogens with one attached hydrogen (secondary N) is 4. The standard InChI is InChI=1S/C45H53N5O7/c1-27-23-40(51)48-37-25-29(20-21-30(27)37)47-41(52)36(18-11-12-22-46-43(54)57-45(2,3)4)49-42(53)39-24-28-13-5-10-19-38(28)50(39)44(55)56-26-35-33-16-8-6-14-31(33)32-15-7-9-17-34(32)35/h6-9,14-17,20-21,23,25,28,35-36,38-39H,5,10-13,18-19,22,24,26H2,1-4H3,(H,46,54)(H,47,52)(H,48,51)(H,49,53)/t28?,36-,38?,39-/m0/s1. The van der Waals surface area contributed by atoms with Crippen molar-refractivity contribution in [2.24, 2.45) is 5.92 Å². The van der Waals surface area contributed by atoms with Crippen molar-refractivity contribution in [1.82, 2.24) is 20.5 Å². The first kappa shape index (κ1) is 39.6. The molecule has 4 aromatic rings. The van der Waals surface area contributed by atoms with Crippen LogP contribution in [-0.2, 0) is 19.1 Å². The average Bonchev–Trinajstić information content (AvgIpc) is 3.72. The highest BCUT2D eigenvalue weighted by Crippen LogP contribution is 2.45. The van der Waals surface area contributed by atoms with Crippen LogP contribution in [0.25, 0.3) is 22.0 Å². The van der Waals surface area contributed by atoms with Gasteiger partial charge in [0.2, 0.25) is 17.4 Å². The molecule has 1 aliphatic heterocycles. The van der Waals surface area contributed by atoms with Gasteiger partial charge in [0.25, 0.3) is 0 Å². The van der Waals surface area contributed by atoms with Crippen molar-refractivity contribution in [1.29, 1.82) is 0 Å². The molecule has 3 aromatic carbocycles. The molecule has 300 valence electrons. The van der Waals surface area contributed by atoms with Crippen molar-refractivity contribution >= 4 is 40.6 Å². The number of pyridine rings is 1. The van der Waals surface area contributed by atoms with Crippen LogP contribution in [0.1, 0.15) is 94.7 Å². The van der Waals surface area contributed by atoms with Crippen LogP contribution >= 0.6 is 0 Å². The van der Waals surface area contributed by atoms with Crippen molar-refractivity contribution in [2.45, 2.75) is 109 Å². The Labute approximate surface area is 333 Å². The Morgan fingerprint density at radius 3 is 2.33 bits per heavy atom. The lowest BCUT2D eigenvalue weighted by Gasteiger charge is -2.33. The molecule has 0 radical (unpaired) electrons. The fourth-order valence-corrected chi connectivity index (χ4v) is 8.88. The number of H-pyrrole nitrogens is 1. The maximum absolute atomic E-state index is 14.4. The molecule has 3 aliphatic rings. The van der Waals surface area contributed by atoms with Crippen LogP contribution in [0.15, 0.2) is 77.6 Å². The molecule has 2 heterocycles. The van der Waals surface area contributed by atoms with Gasteiger partial charge in [-0.1, -0.05) is 67.4 Å². The molecule has 2 fully saturated rings. The second-order valence-corrected chi connectivity index (χ2v) is 16.6. The van der Waals surface area contributed by atoms with E-state index in [0.717, 1.165) is 58.9 Å². The summed E-state index contributed by atoms with van der Waals surface area (Å²) in [6, 6.07) is 21.3. The third-order valence-electron chi connectivity index (χ3n) is 11.5. The number of rotatable bonds is 11. The van der Waals surface area contributed by atoms with Gasteiger partial charge in [-0.05, 0) is 112 Å². The highest BCUT2D eigenvalue weighted by atomic mass is 16.6. The molecule has 7 rings (SSSR count). The summed E-state index contributed by atoms with van der Waals surface area (Å²) in [7, 11) is 0. The summed E-state index contributed by atoms with van der Waals surface area (Å²) in [6.07, 6.45) is 4.48. The number of hydrogen-bond donors (Lipinski definition) is 4. The number of hydrogen-bond acceptors (Lipinski definition) is 7. The Morgan fingerprint density at radius 2 is 1.61 bits per heavy atom. The number of aromatic amines is 1. The predicted octanol–water partition coefficient (Wildman–Crippen LogP) is 7.54. The van der Waals surface area contributed by atoms with Gasteiger partial charge in [0.05, 0.1) is 5.52 Å². The van der Waals surface area contributed by atoms with Gasteiger partial charge in [-0.3, -0.25) is 19.3 Å². The number of fused-ring (bicyclic) bond motifs is 5. The molecule has 1 saturated carbocycles. The monoisotopic (exact) mass is 775 g/mol. The molecule has 1 saturated heterocycles. The zero-order chi connectivity index (χ0) is 40.3. The van der Waals surface area contributed by atoms with E-state index in [4.69, 9.17) is 9.47 Å². The van der Waals surface area contributed by atoms with Crippen LogP contribution in [0.3, 0.4) is 0 Å². The van der Waals surface area contributed by atoms with Gasteiger partial charge in [-0.15, -0.1) is 0 Å². The minimum Gasteiger partial charge on any atom is -0.448 e. The summed E-state index contributed by atoms with van der Waals surface area (Å²) in [5.41, 5.74) is 5.49. The van der Waals surface area contributed by atoms with Gasteiger partial charge in [-0.2, -0.15) is 0 Å². The van der Waals surface area contributed by atoms with Crippen LogP contribution < -0.4 is 21.5 Å². The molecule has 2 aliphatic carbocycles. The van der Waals surface area contributed by atoms with E-state index in [1.165, 1.54) is 6.07 Å². The number of likely N-dealkylation sites (tertiary alicyclic amines) is 1. The molecule has 2 unspecified atom stereocenters. The van der Waals surface area contributed by atoms with E-state index in [9.17, 15) is 24.0 Å². The SMILES string of the molecule is Cc1cc(=O)[nH]c2cc(NC(=O)[C@H](CCCCNC(=O)OC(C)(C)C)NC(=O)[C@@H]3CC4CCCCC4N3C(=O)OCC3c4ccccc4-c4ccccc43)ccc12. The number of anilines is 1. The number of aromatic nitrogens is 1. The molecule has 4 amide bonds. The minimum absolute atomic E-state index is 0.117. The van der Waals surface area contributed by atoms with Crippen molar-refractivity contribution in [3.8, 4) is 11.1 Å². The van der Waals surface area contributed by atoms with Gasteiger partial charge in [0, 0.05) is 35.6 Å². The Balaban J connectivity index is 1.07. The molecular formula is C45H53N5O7. The maximum atomic E-state index is 14.4. The summed E-state index contributed by atoms with van der Waals surface area (Å²) >= 11 is 0. The lowest BCUT2D eigenvalue weighted by atomic mass is 9.85. The van der Waals surface area contributed by atoms with Crippen LogP contribution in [-0.4, -0.2) is 70.8 Å². The van der Waals surface area contributed by atoms with E-state index >= 15 is 0 Å². The number of carbonyl (C=O) groups is 4. The van der Waals surface area contributed by atoms with E-state index < -0.39 is 41.7 Å². The van der Waals surface area contributed by atoms with E-state index in [1.54, 1.807) is 37.8 Å². The fourth-order valence-electron chi connectivity index (χ4n) is 8.88. The number of benzene rings is 3. The summed E-state index contributed by atoms with van der Waals surface area (Å²) in [4.78, 5) is 71.4. The molecule has 12 nitrogen and oxygen atoms in total. The van der Waals surface area contributed by atoms with E-state index in [0.29, 0.717) is 37.0 Å². The average molecular weight is 776 g/mol. The van der Waals surface area contributed by atoms with Crippen LogP contribution in [0, 0.1) is 12.8 Å². The Morgan fingerprint density at radius 1 is 0.912 bits per heavy atom. The topological polar surface area (TPSA) is 159 Å². The molecule has 4 atom stereocenters. The van der Waals surface area contributed by atoms with Crippen LogP contribution in [0.2, 0.25) is 0 Å². The number of alkyl carbamates (subject to hydrolysis) is 1. The Bertz CT molecular complexity index is 2160. The van der Waals surface area contributed by atoms with E-state index in [-0.39, 0.29) is 36.5 Å². The number of unbranched alkanes of at least 4 members (excludes halogenated alkanes) is 1. The number of carbonyl (C=O) groups excluding carboxylic acids is 4. The zero-order valence-corrected chi connectivity index (χ0v) is 33.2. The second-order valence-electron chi connectivity index (χ2n) is 16.6. The predicted molar refractivity (Wildman–Crippen MR) is 219 cm³/mol. The van der Waals surface area contributed by atoms with Gasteiger partial charge >= 0.3 is 12.2 Å². The highest BCUT2D eigenvalue weighted by Gasteiger charge is 2.49. The summed E-state index contributed by atoms with van der Waals surface area (Å²) in [5, 5.41) is 9.55. The van der Waals surface area contributed by atoms with Gasteiger partial charge in [-0.25, -0.2) is 9.59 Å². The normalized spacial score (nSPS) is 19.2. The highest BCUT2D eigenvalue weighted by molar-refractivity contribution is 5.99. The molecule has 0 spiro atoms. The largest absolute Gasteiger partial charge is 0.448 e. The second kappa shape index (κ2) is 16.8. The number of aryl methyl sites for hydroxylation is 1. The Kier molecular flexibility index (Phi) is 11.7.